The Bertz CT molecular complexity index is 1310. The second-order valence-corrected chi connectivity index (χ2v) is 9.36. The average molecular weight is 514 g/mol. The monoisotopic (exact) mass is 513 g/mol. The zero-order chi connectivity index (χ0) is 26.3. The van der Waals surface area contributed by atoms with Crippen molar-refractivity contribution in [2.45, 2.75) is 45.2 Å². The lowest BCUT2D eigenvalue weighted by Crippen LogP contribution is -2.33. The Balaban J connectivity index is 1.13. The van der Waals surface area contributed by atoms with Gasteiger partial charge < -0.3 is 19.7 Å². The minimum absolute atomic E-state index is 0.0559. The molecule has 0 saturated carbocycles. The van der Waals surface area contributed by atoms with Crippen molar-refractivity contribution in [3.63, 3.8) is 0 Å². The lowest BCUT2D eigenvalue weighted by Gasteiger charge is -2.29. The maximum Gasteiger partial charge on any atom is 0.305 e. The molecule has 3 aliphatic heterocycles. The first-order valence-electron chi connectivity index (χ1n) is 13.2. The Morgan fingerprint density at radius 2 is 1.79 bits per heavy atom. The van der Waals surface area contributed by atoms with Crippen molar-refractivity contribution in [3.05, 3.63) is 107 Å². The van der Waals surface area contributed by atoms with Gasteiger partial charge in [-0.15, -0.1) is 0 Å². The number of halogens is 1. The number of hydrogen-bond acceptors (Lipinski definition) is 6. The van der Waals surface area contributed by atoms with Gasteiger partial charge in [-0.3, -0.25) is 9.79 Å². The SMILES string of the molecule is CCOC(=O)CCCCCCOc1ccc(C2=CNC3C=CC(C4=CN=C4c4ccc(F)cc4)=CN23)cc1. The van der Waals surface area contributed by atoms with E-state index in [1.165, 1.54) is 12.1 Å². The molecule has 3 aliphatic rings. The number of allylic oxidation sites excluding steroid dienone is 3. The first-order chi connectivity index (χ1) is 18.6. The van der Waals surface area contributed by atoms with Crippen molar-refractivity contribution in [3.8, 4) is 5.75 Å². The van der Waals surface area contributed by atoms with E-state index in [2.05, 4.69) is 45.7 Å². The number of esters is 1. The number of carbonyl (C=O) groups excluding carboxylic acids is 1. The summed E-state index contributed by atoms with van der Waals surface area (Å²) in [7, 11) is 0. The summed E-state index contributed by atoms with van der Waals surface area (Å²) in [6.07, 6.45) is 14.6. The highest BCUT2D eigenvalue weighted by Crippen LogP contribution is 2.34. The molecule has 2 aromatic carbocycles. The number of hydrogen-bond donors (Lipinski definition) is 1. The van der Waals surface area contributed by atoms with Crippen LogP contribution in [0.4, 0.5) is 4.39 Å². The van der Waals surface area contributed by atoms with Crippen LogP contribution in [0.15, 0.2) is 95.4 Å². The van der Waals surface area contributed by atoms with Crippen molar-refractivity contribution in [2.75, 3.05) is 13.2 Å². The highest BCUT2D eigenvalue weighted by Gasteiger charge is 2.29. The molecule has 0 radical (unpaired) electrons. The van der Waals surface area contributed by atoms with Crippen LogP contribution in [0.2, 0.25) is 0 Å². The van der Waals surface area contributed by atoms with Crippen LogP contribution >= 0.6 is 0 Å². The van der Waals surface area contributed by atoms with Gasteiger partial charge in [0.05, 0.1) is 24.6 Å². The van der Waals surface area contributed by atoms with Crippen molar-refractivity contribution in [2.24, 2.45) is 4.99 Å². The smallest absolute Gasteiger partial charge is 0.305 e. The third kappa shape index (κ3) is 5.88. The van der Waals surface area contributed by atoms with Gasteiger partial charge >= 0.3 is 5.97 Å². The number of aliphatic imine (C=N–C) groups is 1. The molecule has 0 amide bonds. The minimum Gasteiger partial charge on any atom is -0.494 e. The molecule has 0 bridgehead atoms. The van der Waals surface area contributed by atoms with Gasteiger partial charge in [-0.25, -0.2) is 4.39 Å². The van der Waals surface area contributed by atoms with Crippen LogP contribution in [0.1, 0.15) is 50.2 Å². The van der Waals surface area contributed by atoms with Crippen molar-refractivity contribution in [1.82, 2.24) is 10.2 Å². The summed E-state index contributed by atoms with van der Waals surface area (Å²) in [5, 5.41) is 3.42. The lowest BCUT2D eigenvalue weighted by molar-refractivity contribution is -0.143. The van der Waals surface area contributed by atoms with E-state index in [1.54, 1.807) is 12.1 Å². The number of nitrogens with one attached hydrogen (secondary N) is 1. The first-order valence-corrected chi connectivity index (χ1v) is 13.2. The fourth-order valence-electron chi connectivity index (χ4n) is 4.66. The van der Waals surface area contributed by atoms with Crippen molar-refractivity contribution in [1.29, 1.82) is 0 Å². The number of fused-ring (bicyclic) bond motifs is 1. The molecular weight excluding hydrogens is 481 g/mol. The zero-order valence-electron chi connectivity index (χ0n) is 21.5. The normalized spacial score (nSPS) is 17.4. The Morgan fingerprint density at radius 3 is 2.53 bits per heavy atom. The Morgan fingerprint density at radius 1 is 1.03 bits per heavy atom. The molecule has 38 heavy (non-hydrogen) atoms. The molecule has 0 aliphatic carbocycles. The van der Waals surface area contributed by atoms with E-state index in [0.29, 0.717) is 19.6 Å². The maximum absolute atomic E-state index is 13.3. The van der Waals surface area contributed by atoms with Gasteiger partial charge in [0.2, 0.25) is 0 Å². The summed E-state index contributed by atoms with van der Waals surface area (Å²) in [6, 6.07) is 14.6. The van der Waals surface area contributed by atoms with E-state index >= 15 is 0 Å². The van der Waals surface area contributed by atoms with Gasteiger partial charge in [0.25, 0.3) is 0 Å². The summed E-state index contributed by atoms with van der Waals surface area (Å²) < 4.78 is 24.2. The summed E-state index contributed by atoms with van der Waals surface area (Å²) in [5.41, 5.74) is 6.05. The number of ether oxygens (including phenoxy) is 2. The van der Waals surface area contributed by atoms with E-state index in [-0.39, 0.29) is 18.0 Å². The molecule has 1 atom stereocenters. The van der Waals surface area contributed by atoms with Crippen LogP contribution in [-0.4, -0.2) is 36.0 Å². The third-order valence-electron chi connectivity index (χ3n) is 6.71. The van der Waals surface area contributed by atoms with Crippen LogP contribution < -0.4 is 10.1 Å². The van der Waals surface area contributed by atoms with Gasteiger partial charge in [-0.05, 0) is 79.9 Å². The quantitative estimate of drug-likeness (QED) is 0.275. The van der Waals surface area contributed by atoms with Crippen LogP contribution in [0.25, 0.3) is 5.70 Å². The molecular formula is C31H32FN3O3. The van der Waals surface area contributed by atoms with Gasteiger partial charge in [0.1, 0.15) is 17.7 Å². The van der Waals surface area contributed by atoms with Gasteiger partial charge in [-0.2, -0.15) is 0 Å². The largest absolute Gasteiger partial charge is 0.494 e. The van der Waals surface area contributed by atoms with E-state index in [4.69, 9.17) is 9.47 Å². The number of unbranched alkanes of at least 4 members (excludes halogenated alkanes) is 3. The van der Waals surface area contributed by atoms with Crippen molar-refractivity contribution < 1.29 is 18.7 Å². The van der Waals surface area contributed by atoms with Gasteiger partial charge in [-0.1, -0.05) is 18.9 Å². The number of benzene rings is 2. The molecule has 0 spiro atoms. The fraction of sp³-hybridized carbons (Fsp3) is 0.290. The van der Waals surface area contributed by atoms with Crippen LogP contribution in [0.3, 0.4) is 0 Å². The van der Waals surface area contributed by atoms with Gasteiger partial charge in [0.15, 0.2) is 0 Å². The molecule has 0 fully saturated rings. The van der Waals surface area contributed by atoms with E-state index in [0.717, 1.165) is 65.1 Å². The summed E-state index contributed by atoms with van der Waals surface area (Å²) in [6.45, 7) is 2.93. The van der Waals surface area contributed by atoms with Crippen molar-refractivity contribution >= 4 is 17.4 Å². The number of rotatable bonds is 12. The molecule has 0 saturated heterocycles. The molecule has 7 heteroatoms. The molecule has 3 heterocycles. The first kappa shape index (κ1) is 25.5. The Kier molecular flexibility index (Phi) is 8.02. The van der Waals surface area contributed by atoms with Gasteiger partial charge in [0, 0.05) is 41.7 Å². The molecule has 1 unspecified atom stereocenters. The topological polar surface area (TPSA) is 63.2 Å². The standard InChI is InChI=1S/C31H32FN3O3/c1-2-37-30(36)7-5-3-4-6-18-38-26-15-10-22(11-16-26)28-20-33-29-17-12-24(21-35(28)29)27-19-34-31(27)23-8-13-25(32)14-9-23/h8-17,19-21,29,33H,2-7,18H2,1H3. The number of carbonyl (C=O) groups is 1. The highest BCUT2D eigenvalue weighted by molar-refractivity contribution is 6.19. The molecule has 1 N–H and O–H groups in total. The lowest BCUT2D eigenvalue weighted by atomic mass is 9.92. The zero-order valence-corrected chi connectivity index (χ0v) is 21.5. The van der Waals surface area contributed by atoms with Crippen LogP contribution in [-0.2, 0) is 9.53 Å². The van der Waals surface area contributed by atoms with Crippen LogP contribution in [0, 0.1) is 5.82 Å². The molecule has 196 valence electrons. The molecule has 0 aromatic heterocycles. The molecule has 2 aromatic rings. The molecule has 5 rings (SSSR count). The van der Waals surface area contributed by atoms with Crippen LogP contribution in [0.5, 0.6) is 5.75 Å². The predicted octanol–water partition coefficient (Wildman–Crippen LogP) is 6.09. The fourth-order valence-corrected chi connectivity index (χ4v) is 4.66. The molecule has 6 nitrogen and oxygen atoms in total. The van der Waals surface area contributed by atoms with E-state index < -0.39 is 0 Å². The summed E-state index contributed by atoms with van der Waals surface area (Å²) in [4.78, 5) is 18.0. The Labute approximate surface area is 222 Å². The third-order valence-corrected chi connectivity index (χ3v) is 6.71. The second kappa shape index (κ2) is 11.9. The van der Waals surface area contributed by atoms with E-state index in [1.807, 2.05) is 31.5 Å². The number of nitrogens with zero attached hydrogens (tertiary/aromatic N) is 2. The second-order valence-electron chi connectivity index (χ2n) is 9.36. The Hall–Kier alpha value is -4.13. The highest BCUT2D eigenvalue weighted by atomic mass is 19.1. The summed E-state index contributed by atoms with van der Waals surface area (Å²) >= 11 is 0. The maximum atomic E-state index is 13.3. The average Bonchev–Trinajstić information content (AvgIpc) is 3.33. The minimum atomic E-state index is -0.254. The predicted molar refractivity (Wildman–Crippen MR) is 147 cm³/mol. The van der Waals surface area contributed by atoms with E-state index in [9.17, 15) is 9.18 Å². The summed E-state index contributed by atoms with van der Waals surface area (Å²) in [5.74, 6) is 0.479.